The third-order valence-electron chi connectivity index (χ3n) is 3.18. The van der Waals surface area contributed by atoms with E-state index in [1.54, 1.807) is 6.92 Å². The molecule has 1 heterocycles. The summed E-state index contributed by atoms with van der Waals surface area (Å²) in [5, 5.41) is 17.5. The Balaban J connectivity index is 2.01. The molecule has 0 saturated carbocycles. The van der Waals surface area contributed by atoms with Crippen molar-refractivity contribution < 1.29 is 9.52 Å². The summed E-state index contributed by atoms with van der Waals surface area (Å²) in [6.45, 7) is 5.19. The van der Waals surface area contributed by atoms with Gasteiger partial charge in [0.15, 0.2) is 0 Å². The highest BCUT2D eigenvalue weighted by atomic mass is 16.4. The summed E-state index contributed by atoms with van der Waals surface area (Å²) in [5.74, 6) is 1.15. The molecule has 0 aliphatic carbocycles. The molecule has 0 aliphatic heterocycles. The van der Waals surface area contributed by atoms with Crippen LogP contribution in [0, 0.1) is 6.92 Å². The molecule has 1 aromatic carbocycles. The maximum Gasteiger partial charge on any atom is 0.248 e. The van der Waals surface area contributed by atoms with Gasteiger partial charge in [0.25, 0.3) is 0 Å². The first kappa shape index (κ1) is 14.7. The highest BCUT2D eigenvalue weighted by molar-refractivity contribution is 5.57. The van der Waals surface area contributed by atoms with Gasteiger partial charge in [0, 0.05) is 12.1 Å². The van der Waals surface area contributed by atoms with E-state index in [0.717, 1.165) is 24.1 Å². The van der Waals surface area contributed by atoms with Crippen LogP contribution in [-0.4, -0.2) is 39.9 Å². The van der Waals surface area contributed by atoms with E-state index in [0.29, 0.717) is 18.3 Å². The number of rotatable bonds is 6. The summed E-state index contributed by atoms with van der Waals surface area (Å²) in [6, 6.07) is 7.94. The van der Waals surface area contributed by atoms with Crippen molar-refractivity contribution in [2.45, 2.75) is 32.9 Å². The maximum atomic E-state index is 9.27. The van der Waals surface area contributed by atoms with Crippen LogP contribution in [-0.2, 0) is 6.54 Å². The first-order chi connectivity index (χ1) is 9.56. The van der Waals surface area contributed by atoms with Crippen LogP contribution >= 0.6 is 0 Å². The van der Waals surface area contributed by atoms with E-state index >= 15 is 0 Å². The topological polar surface area (TPSA) is 62.4 Å². The second kappa shape index (κ2) is 6.63. The van der Waals surface area contributed by atoms with Crippen molar-refractivity contribution in [2.24, 2.45) is 0 Å². The van der Waals surface area contributed by atoms with Gasteiger partial charge in [0.2, 0.25) is 11.8 Å². The number of hydrogen-bond acceptors (Lipinski definition) is 5. The molecule has 1 aromatic heterocycles. The summed E-state index contributed by atoms with van der Waals surface area (Å²) in [7, 11) is 1.97. The number of benzene rings is 1. The average Bonchev–Trinajstić information content (AvgIpc) is 2.85. The molecular weight excluding hydrogens is 254 g/mol. The molecule has 0 radical (unpaired) electrons. The Morgan fingerprint density at radius 2 is 2.05 bits per heavy atom. The minimum Gasteiger partial charge on any atom is -0.419 e. The normalized spacial score (nSPS) is 12.8. The van der Waals surface area contributed by atoms with E-state index in [9.17, 15) is 5.11 Å². The van der Waals surface area contributed by atoms with E-state index in [4.69, 9.17) is 4.42 Å². The standard InChI is InChI=1S/C15H21N3O2/c1-11-6-4-5-7-13(11)15-17-16-14(20-15)10-18(3)9-8-12(2)19/h4-7,12,19H,8-10H2,1-3H3. The molecule has 1 unspecified atom stereocenters. The molecular formula is C15H21N3O2. The number of nitrogens with zero attached hydrogens (tertiary/aromatic N) is 3. The Bertz CT molecular complexity index is 552. The van der Waals surface area contributed by atoms with E-state index in [1.807, 2.05) is 38.2 Å². The minimum absolute atomic E-state index is 0.289. The van der Waals surface area contributed by atoms with Gasteiger partial charge in [-0.3, -0.25) is 4.90 Å². The quantitative estimate of drug-likeness (QED) is 0.876. The molecule has 0 amide bonds. The van der Waals surface area contributed by atoms with Crippen LogP contribution in [0.4, 0.5) is 0 Å². The summed E-state index contributed by atoms with van der Waals surface area (Å²) >= 11 is 0. The molecule has 2 aromatic rings. The molecule has 5 nitrogen and oxygen atoms in total. The van der Waals surface area contributed by atoms with Gasteiger partial charge in [-0.25, -0.2) is 0 Å². The maximum absolute atomic E-state index is 9.27. The fraction of sp³-hybridized carbons (Fsp3) is 0.467. The van der Waals surface area contributed by atoms with Crippen LogP contribution in [0.25, 0.3) is 11.5 Å². The van der Waals surface area contributed by atoms with Crippen molar-refractivity contribution in [1.29, 1.82) is 0 Å². The SMILES string of the molecule is Cc1ccccc1-c1nnc(CN(C)CCC(C)O)o1. The molecule has 0 bridgehead atoms. The third-order valence-corrected chi connectivity index (χ3v) is 3.18. The molecule has 108 valence electrons. The van der Waals surface area contributed by atoms with E-state index in [1.165, 1.54) is 0 Å². The highest BCUT2D eigenvalue weighted by Crippen LogP contribution is 2.21. The van der Waals surface area contributed by atoms with Gasteiger partial charge >= 0.3 is 0 Å². The molecule has 0 aliphatic rings. The Hall–Kier alpha value is -1.72. The first-order valence-corrected chi connectivity index (χ1v) is 6.81. The van der Waals surface area contributed by atoms with E-state index in [-0.39, 0.29) is 6.10 Å². The van der Waals surface area contributed by atoms with Gasteiger partial charge in [0.05, 0.1) is 12.6 Å². The molecule has 0 spiro atoms. The second-order valence-electron chi connectivity index (χ2n) is 5.19. The van der Waals surface area contributed by atoms with Crippen molar-refractivity contribution >= 4 is 0 Å². The lowest BCUT2D eigenvalue weighted by atomic mass is 10.1. The highest BCUT2D eigenvalue weighted by Gasteiger charge is 2.12. The van der Waals surface area contributed by atoms with Crippen molar-refractivity contribution in [1.82, 2.24) is 15.1 Å². The first-order valence-electron chi connectivity index (χ1n) is 6.81. The average molecular weight is 275 g/mol. The predicted molar refractivity (Wildman–Crippen MR) is 77.1 cm³/mol. The molecule has 1 atom stereocenters. The van der Waals surface area contributed by atoms with Crippen LogP contribution in [0.15, 0.2) is 28.7 Å². The Kier molecular flexibility index (Phi) is 4.87. The van der Waals surface area contributed by atoms with Gasteiger partial charge in [-0.1, -0.05) is 18.2 Å². The lowest BCUT2D eigenvalue weighted by Gasteiger charge is -2.14. The summed E-state index contributed by atoms with van der Waals surface area (Å²) in [5.41, 5.74) is 2.09. The number of hydrogen-bond donors (Lipinski definition) is 1. The number of aryl methyl sites for hydroxylation is 1. The largest absolute Gasteiger partial charge is 0.419 e. The van der Waals surface area contributed by atoms with E-state index in [2.05, 4.69) is 15.1 Å². The van der Waals surface area contributed by atoms with Crippen LogP contribution in [0.2, 0.25) is 0 Å². The zero-order valence-corrected chi connectivity index (χ0v) is 12.2. The van der Waals surface area contributed by atoms with Crippen molar-refractivity contribution in [3.63, 3.8) is 0 Å². The van der Waals surface area contributed by atoms with Crippen LogP contribution in [0.5, 0.6) is 0 Å². The van der Waals surface area contributed by atoms with Crippen molar-refractivity contribution in [3.05, 3.63) is 35.7 Å². The van der Waals surface area contributed by atoms with Gasteiger partial charge in [-0.2, -0.15) is 0 Å². The van der Waals surface area contributed by atoms with Gasteiger partial charge < -0.3 is 9.52 Å². The number of aromatic nitrogens is 2. The number of aliphatic hydroxyl groups excluding tert-OH is 1. The van der Waals surface area contributed by atoms with E-state index < -0.39 is 0 Å². The molecule has 0 fully saturated rings. The second-order valence-corrected chi connectivity index (χ2v) is 5.19. The zero-order valence-electron chi connectivity index (χ0n) is 12.2. The summed E-state index contributed by atoms with van der Waals surface area (Å²) in [4.78, 5) is 2.06. The zero-order chi connectivity index (χ0) is 14.5. The summed E-state index contributed by atoms with van der Waals surface area (Å²) < 4.78 is 5.70. The van der Waals surface area contributed by atoms with Gasteiger partial charge in [-0.15, -0.1) is 10.2 Å². The monoisotopic (exact) mass is 275 g/mol. The molecule has 5 heteroatoms. The molecule has 0 saturated heterocycles. The Labute approximate surface area is 119 Å². The van der Waals surface area contributed by atoms with Crippen LogP contribution < -0.4 is 0 Å². The van der Waals surface area contributed by atoms with Crippen molar-refractivity contribution in [2.75, 3.05) is 13.6 Å². The molecule has 2 rings (SSSR count). The smallest absolute Gasteiger partial charge is 0.248 e. The van der Waals surface area contributed by atoms with Crippen LogP contribution in [0.3, 0.4) is 0 Å². The van der Waals surface area contributed by atoms with Crippen molar-refractivity contribution in [3.8, 4) is 11.5 Å². The lowest BCUT2D eigenvalue weighted by Crippen LogP contribution is -2.22. The van der Waals surface area contributed by atoms with Gasteiger partial charge in [-0.05, 0) is 38.9 Å². The predicted octanol–water partition coefficient (Wildman–Crippen LogP) is 2.25. The fourth-order valence-corrected chi connectivity index (χ4v) is 1.96. The third kappa shape index (κ3) is 3.88. The molecule has 1 N–H and O–H groups in total. The van der Waals surface area contributed by atoms with Gasteiger partial charge in [0.1, 0.15) is 0 Å². The number of aliphatic hydroxyl groups is 1. The lowest BCUT2D eigenvalue weighted by molar-refractivity contribution is 0.159. The Morgan fingerprint density at radius 3 is 2.75 bits per heavy atom. The summed E-state index contributed by atoms with van der Waals surface area (Å²) in [6.07, 6.45) is 0.442. The van der Waals surface area contributed by atoms with Crippen LogP contribution in [0.1, 0.15) is 24.8 Å². The minimum atomic E-state index is -0.289. The Morgan fingerprint density at radius 1 is 1.30 bits per heavy atom. The fourth-order valence-electron chi connectivity index (χ4n) is 1.96. The molecule has 20 heavy (non-hydrogen) atoms.